The SMILES string of the molecule is CCCCCCc1cccc2c1NCCC2. The highest BCUT2D eigenvalue weighted by Gasteiger charge is 2.11. The zero-order chi connectivity index (χ0) is 11.2. The van der Waals surface area contributed by atoms with Crippen LogP contribution in [0.2, 0.25) is 0 Å². The van der Waals surface area contributed by atoms with Crippen LogP contribution < -0.4 is 5.32 Å². The van der Waals surface area contributed by atoms with Crippen LogP contribution in [0.4, 0.5) is 5.69 Å². The van der Waals surface area contributed by atoms with Crippen LogP contribution in [0.5, 0.6) is 0 Å². The highest BCUT2D eigenvalue weighted by molar-refractivity contribution is 5.59. The third-order valence-corrected chi connectivity index (χ3v) is 3.46. The average molecular weight is 217 g/mol. The number of para-hydroxylation sites is 1. The molecule has 2 rings (SSSR count). The molecule has 0 atom stereocenters. The molecule has 0 aromatic heterocycles. The van der Waals surface area contributed by atoms with E-state index < -0.39 is 0 Å². The Bertz CT molecular complexity index is 330. The Morgan fingerprint density at radius 1 is 1.19 bits per heavy atom. The Morgan fingerprint density at radius 2 is 2.12 bits per heavy atom. The number of aryl methyl sites for hydroxylation is 2. The Hall–Kier alpha value is -0.980. The fourth-order valence-electron chi connectivity index (χ4n) is 2.53. The van der Waals surface area contributed by atoms with E-state index in [-0.39, 0.29) is 0 Å². The molecule has 0 saturated carbocycles. The van der Waals surface area contributed by atoms with Gasteiger partial charge in [-0.2, -0.15) is 0 Å². The molecule has 0 bridgehead atoms. The van der Waals surface area contributed by atoms with Gasteiger partial charge in [-0.3, -0.25) is 0 Å². The van der Waals surface area contributed by atoms with Gasteiger partial charge in [-0.05, 0) is 36.8 Å². The first kappa shape index (κ1) is 11.5. The summed E-state index contributed by atoms with van der Waals surface area (Å²) in [4.78, 5) is 0. The molecule has 0 aliphatic carbocycles. The lowest BCUT2D eigenvalue weighted by Gasteiger charge is -2.21. The largest absolute Gasteiger partial charge is 0.385 e. The zero-order valence-electron chi connectivity index (χ0n) is 10.4. The van der Waals surface area contributed by atoms with Gasteiger partial charge < -0.3 is 5.32 Å². The molecule has 0 saturated heterocycles. The maximum atomic E-state index is 3.57. The summed E-state index contributed by atoms with van der Waals surface area (Å²) in [6, 6.07) is 6.79. The number of nitrogens with one attached hydrogen (secondary N) is 1. The van der Waals surface area contributed by atoms with E-state index in [2.05, 4.69) is 30.4 Å². The first-order valence-corrected chi connectivity index (χ1v) is 6.76. The van der Waals surface area contributed by atoms with Crippen molar-refractivity contribution in [3.63, 3.8) is 0 Å². The van der Waals surface area contributed by atoms with E-state index in [1.807, 2.05) is 0 Å². The first-order valence-electron chi connectivity index (χ1n) is 6.76. The van der Waals surface area contributed by atoms with Gasteiger partial charge >= 0.3 is 0 Å². The van der Waals surface area contributed by atoms with Gasteiger partial charge in [0.1, 0.15) is 0 Å². The number of hydrogen-bond acceptors (Lipinski definition) is 1. The Kier molecular flexibility index (Phi) is 4.26. The zero-order valence-corrected chi connectivity index (χ0v) is 10.4. The van der Waals surface area contributed by atoms with Crippen LogP contribution in [0.25, 0.3) is 0 Å². The Labute approximate surface area is 99.3 Å². The highest BCUT2D eigenvalue weighted by atomic mass is 14.9. The summed E-state index contributed by atoms with van der Waals surface area (Å²) in [5.74, 6) is 0. The van der Waals surface area contributed by atoms with Crippen molar-refractivity contribution in [3.8, 4) is 0 Å². The average Bonchev–Trinajstić information content (AvgIpc) is 2.35. The highest BCUT2D eigenvalue weighted by Crippen LogP contribution is 2.27. The van der Waals surface area contributed by atoms with Crippen molar-refractivity contribution in [1.82, 2.24) is 0 Å². The molecule has 1 N–H and O–H groups in total. The third kappa shape index (κ3) is 2.78. The maximum absolute atomic E-state index is 3.57. The Balaban J connectivity index is 1.97. The molecule has 1 heteroatoms. The molecule has 0 fully saturated rings. The number of anilines is 1. The van der Waals surface area contributed by atoms with Crippen molar-refractivity contribution in [2.75, 3.05) is 11.9 Å². The van der Waals surface area contributed by atoms with E-state index in [1.54, 1.807) is 0 Å². The Morgan fingerprint density at radius 3 is 3.00 bits per heavy atom. The fraction of sp³-hybridized carbons (Fsp3) is 0.600. The molecule has 1 aliphatic heterocycles. The molecule has 0 amide bonds. The van der Waals surface area contributed by atoms with Crippen LogP contribution >= 0.6 is 0 Å². The summed E-state index contributed by atoms with van der Waals surface area (Å²) in [5, 5.41) is 3.57. The van der Waals surface area contributed by atoms with E-state index in [0.29, 0.717) is 0 Å². The summed E-state index contributed by atoms with van der Waals surface area (Å²) in [7, 11) is 0. The minimum absolute atomic E-state index is 1.15. The quantitative estimate of drug-likeness (QED) is 0.730. The number of hydrogen-bond donors (Lipinski definition) is 1. The second-order valence-corrected chi connectivity index (χ2v) is 4.79. The lowest BCUT2D eigenvalue weighted by atomic mass is 9.96. The lowest BCUT2D eigenvalue weighted by molar-refractivity contribution is 0.666. The number of unbranched alkanes of at least 4 members (excludes halogenated alkanes) is 3. The van der Waals surface area contributed by atoms with E-state index in [0.717, 1.165) is 6.54 Å². The summed E-state index contributed by atoms with van der Waals surface area (Å²) in [6.07, 6.45) is 9.20. The molecule has 0 radical (unpaired) electrons. The molecule has 1 aromatic rings. The van der Waals surface area contributed by atoms with Crippen LogP contribution in [0.15, 0.2) is 18.2 Å². The maximum Gasteiger partial charge on any atom is 0.0405 e. The first-order chi connectivity index (χ1) is 7.92. The molecule has 0 spiro atoms. The molecule has 1 aliphatic rings. The van der Waals surface area contributed by atoms with Crippen molar-refractivity contribution >= 4 is 5.69 Å². The van der Waals surface area contributed by atoms with Gasteiger partial charge in [0.25, 0.3) is 0 Å². The topological polar surface area (TPSA) is 12.0 Å². The summed E-state index contributed by atoms with van der Waals surface area (Å²) in [6.45, 7) is 3.42. The predicted octanol–water partition coefficient (Wildman–Crippen LogP) is 4.17. The normalized spacial score (nSPS) is 14.3. The molecule has 0 unspecified atom stereocenters. The fourth-order valence-corrected chi connectivity index (χ4v) is 2.53. The third-order valence-electron chi connectivity index (χ3n) is 3.46. The standard InChI is InChI=1S/C15H23N/c1-2-3-4-5-8-13-9-6-10-14-11-7-12-16-15(13)14/h6,9-10,16H,2-5,7-8,11-12H2,1H3. The van der Waals surface area contributed by atoms with Crippen molar-refractivity contribution in [3.05, 3.63) is 29.3 Å². The van der Waals surface area contributed by atoms with Gasteiger partial charge in [-0.25, -0.2) is 0 Å². The van der Waals surface area contributed by atoms with Gasteiger partial charge in [0.05, 0.1) is 0 Å². The van der Waals surface area contributed by atoms with Gasteiger partial charge in [0, 0.05) is 12.2 Å². The van der Waals surface area contributed by atoms with Crippen molar-refractivity contribution < 1.29 is 0 Å². The number of fused-ring (bicyclic) bond motifs is 1. The van der Waals surface area contributed by atoms with Crippen molar-refractivity contribution in [2.24, 2.45) is 0 Å². The second kappa shape index (κ2) is 5.93. The summed E-state index contributed by atoms with van der Waals surface area (Å²) in [5.41, 5.74) is 4.51. The van der Waals surface area contributed by atoms with Crippen LogP contribution in [0.3, 0.4) is 0 Å². The second-order valence-electron chi connectivity index (χ2n) is 4.79. The monoisotopic (exact) mass is 217 g/mol. The van der Waals surface area contributed by atoms with Crippen molar-refractivity contribution in [2.45, 2.75) is 51.9 Å². The number of rotatable bonds is 5. The van der Waals surface area contributed by atoms with Crippen LogP contribution in [-0.2, 0) is 12.8 Å². The molecule has 88 valence electrons. The van der Waals surface area contributed by atoms with Gasteiger partial charge in [0.15, 0.2) is 0 Å². The van der Waals surface area contributed by atoms with E-state index in [9.17, 15) is 0 Å². The van der Waals surface area contributed by atoms with Crippen LogP contribution in [0, 0.1) is 0 Å². The van der Waals surface area contributed by atoms with Gasteiger partial charge in [-0.1, -0.05) is 44.4 Å². The molecule has 1 aromatic carbocycles. The minimum Gasteiger partial charge on any atom is -0.385 e. The molecular formula is C15H23N. The molecule has 1 heterocycles. The smallest absolute Gasteiger partial charge is 0.0405 e. The molecule has 1 nitrogen and oxygen atoms in total. The summed E-state index contributed by atoms with van der Waals surface area (Å²) >= 11 is 0. The van der Waals surface area contributed by atoms with E-state index >= 15 is 0 Å². The minimum atomic E-state index is 1.15. The number of benzene rings is 1. The van der Waals surface area contributed by atoms with E-state index in [1.165, 1.54) is 61.8 Å². The summed E-state index contributed by atoms with van der Waals surface area (Å²) < 4.78 is 0. The van der Waals surface area contributed by atoms with Gasteiger partial charge in [0.2, 0.25) is 0 Å². The van der Waals surface area contributed by atoms with Crippen molar-refractivity contribution in [1.29, 1.82) is 0 Å². The molecule has 16 heavy (non-hydrogen) atoms. The molecular weight excluding hydrogens is 194 g/mol. The van der Waals surface area contributed by atoms with E-state index in [4.69, 9.17) is 0 Å². The van der Waals surface area contributed by atoms with Crippen LogP contribution in [0.1, 0.15) is 50.2 Å². The predicted molar refractivity (Wildman–Crippen MR) is 71.1 cm³/mol. The van der Waals surface area contributed by atoms with Gasteiger partial charge in [-0.15, -0.1) is 0 Å². The van der Waals surface area contributed by atoms with Crippen LogP contribution in [-0.4, -0.2) is 6.54 Å². The lowest BCUT2D eigenvalue weighted by Crippen LogP contribution is -2.13.